The summed E-state index contributed by atoms with van der Waals surface area (Å²) in [6, 6.07) is 0. The van der Waals surface area contributed by atoms with Crippen molar-refractivity contribution < 1.29 is 41.6 Å². The molecule has 0 aliphatic heterocycles. The van der Waals surface area contributed by atoms with Crippen LogP contribution in [0, 0.1) is 28.6 Å². The molecule has 3 fully saturated rings. The quantitative estimate of drug-likeness (QED) is 0.392. The molecule has 202 valence electrons. The lowest BCUT2D eigenvalue weighted by atomic mass is 9.45. The van der Waals surface area contributed by atoms with Crippen LogP contribution in [0.25, 0.3) is 0 Å². The molecule has 9 nitrogen and oxygen atoms in total. The zero-order chi connectivity index (χ0) is 26.5. The van der Waals surface area contributed by atoms with Gasteiger partial charge in [-0.15, -0.1) is 0 Å². The standard InChI is InChI=1S/C26H38O9S/c1-5-12-33-23(30)35-26(21(29)15-34-36(4,31)32)11-9-19-18-7-6-16-13-17(27)8-10-24(16,2)22(18)20(28)14-25(19,26)3/h13,18-20,22,28H,5-12,14-15H2,1-4H3/t18-,19-,20-,22+,24-,25-,26-/m0/s1. The number of allylic oxidation sites excluding steroid dienone is 1. The maximum absolute atomic E-state index is 13.6. The van der Waals surface area contributed by atoms with E-state index in [2.05, 4.69) is 6.92 Å². The number of Topliss-reactive ketones (excluding diaryl/α,β-unsaturated/α-hetero) is 1. The molecule has 0 spiro atoms. The summed E-state index contributed by atoms with van der Waals surface area (Å²) in [6.07, 6.45) is 5.09. The molecule has 7 atom stereocenters. The van der Waals surface area contributed by atoms with Crippen molar-refractivity contribution in [2.75, 3.05) is 19.5 Å². The summed E-state index contributed by atoms with van der Waals surface area (Å²) in [4.78, 5) is 38.4. The number of fused-ring (bicyclic) bond motifs is 5. The molecule has 0 unspecified atom stereocenters. The molecule has 0 amide bonds. The van der Waals surface area contributed by atoms with E-state index in [0.29, 0.717) is 25.7 Å². The minimum atomic E-state index is -3.90. The molecule has 4 aliphatic rings. The van der Waals surface area contributed by atoms with E-state index < -0.39 is 45.8 Å². The van der Waals surface area contributed by atoms with Gasteiger partial charge in [-0.05, 0) is 74.2 Å². The fourth-order valence-electron chi connectivity index (χ4n) is 7.99. The Morgan fingerprint density at radius 2 is 1.89 bits per heavy atom. The molecule has 36 heavy (non-hydrogen) atoms. The molecular weight excluding hydrogens is 488 g/mol. The predicted molar refractivity (Wildman–Crippen MR) is 129 cm³/mol. The minimum absolute atomic E-state index is 0.0388. The van der Waals surface area contributed by atoms with Crippen LogP contribution in [-0.4, -0.2) is 62.4 Å². The van der Waals surface area contributed by atoms with Gasteiger partial charge < -0.3 is 14.6 Å². The number of hydrogen-bond donors (Lipinski definition) is 1. The molecule has 0 heterocycles. The lowest BCUT2D eigenvalue weighted by Gasteiger charge is -2.60. The molecule has 0 aromatic rings. The molecular formula is C26H38O9S. The second-order valence-electron chi connectivity index (χ2n) is 11.5. The summed E-state index contributed by atoms with van der Waals surface area (Å²) >= 11 is 0. The summed E-state index contributed by atoms with van der Waals surface area (Å²) in [5.41, 5.74) is -1.80. The summed E-state index contributed by atoms with van der Waals surface area (Å²) in [7, 11) is -3.90. The van der Waals surface area contributed by atoms with Crippen LogP contribution < -0.4 is 0 Å². The third-order valence-electron chi connectivity index (χ3n) is 9.55. The largest absolute Gasteiger partial charge is 0.509 e. The van der Waals surface area contributed by atoms with E-state index in [-0.39, 0.29) is 48.4 Å². The first-order valence-corrected chi connectivity index (χ1v) is 14.7. The van der Waals surface area contributed by atoms with Gasteiger partial charge in [-0.1, -0.05) is 26.3 Å². The Bertz CT molecular complexity index is 1070. The Morgan fingerprint density at radius 3 is 2.56 bits per heavy atom. The predicted octanol–water partition coefficient (Wildman–Crippen LogP) is 3.34. The number of hydrogen-bond acceptors (Lipinski definition) is 9. The normalized spacial score (nSPS) is 39.9. The molecule has 0 saturated heterocycles. The third-order valence-corrected chi connectivity index (χ3v) is 10.1. The topological polar surface area (TPSA) is 133 Å². The number of ketones is 2. The van der Waals surface area contributed by atoms with E-state index in [1.54, 1.807) is 6.08 Å². The smallest absolute Gasteiger partial charge is 0.434 e. The number of carbonyl (C=O) groups is 3. The number of rotatable bonds is 7. The highest BCUT2D eigenvalue weighted by Gasteiger charge is 2.70. The zero-order valence-electron chi connectivity index (χ0n) is 21.6. The monoisotopic (exact) mass is 526 g/mol. The van der Waals surface area contributed by atoms with Crippen LogP contribution in [0.2, 0.25) is 0 Å². The first kappa shape index (κ1) is 27.3. The van der Waals surface area contributed by atoms with E-state index in [9.17, 15) is 27.9 Å². The van der Waals surface area contributed by atoms with Crippen LogP contribution in [0.5, 0.6) is 0 Å². The van der Waals surface area contributed by atoms with Crippen LogP contribution in [0.15, 0.2) is 11.6 Å². The van der Waals surface area contributed by atoms with Crippen molar-refractivity contribution in [1.82, 2.24) is 0 Å². The summed E-state index contributed by atoms with van der Waals surface area (Å²) < 4.78 is 39.1. The van der Waals surface area contributed by atoms with Gasteiger partial charge in [0.2, 0.25) is 5.78 Å². The van der Waals surface area contributed by atoms with E-state index in [4.69, 9.17) is 13.7 Å². The zero-order valence-corrected chi connectivity index (χ0v) is 22.4. The van der Waals surface area contributed by atoms with Gasteiger partial charge in [0, 0.05) is 11.8 Å². The fraction of sp³-hybridized carbons (Fsp3) is 0.808. The van der Waals surface area contributed by atoms with Gasteiger partial charge in [-0.3, -0.25) is 13.8 Å². The average molecular weight is 527 g/mol. The summed E-state index contributed by atoms with van der Waals surface area (Å²) in [5.74, 6) is -0.555. The molecule has 0 aromatic heterocycles. The molecule has 0 aromatic carbocycles. The van der Waals surface area contributed by atoms with Crippen molar-refractivity contribution >= 4 is 27.8 Å². The lowest BCUT2D eigenvalue weighted by molar-refractivity contribution is -0.186. The van der Waals surface area contributed by atoms with Gasteiger partial charge in [-0.2, -0.15) is 8.42 Å². The van der Waals surface area contributed by atoms with Gasteiger partial charge in [-0.25, -0.2) is 4.79 Å². The van der Waals surface area contributed by atoms with Crippen molar-refractivity contribution in [1.29, 1.82) is 0 Å². The molecule has 1 N–H and O–H groups in total. The first-order chi connectivity index (χ1) is 16.8. The van der Waals surface area contributed by atoms with E-state index in [1.165, 1.54) is 0 Å². The third kappa shape index (κ3) is 4.43. The highest BCUT2D eigenvalue weighted by molar-refractivity contribution is 7.86. The molecule has 4 aliphatic carbocycles. The van der Waals surface area contributed by atoms with Crippen molar-refractivity contribution in [3.05, 3.63) is 11.6 Å². The minimum Gasteiger partial charge on any atom is -0.434 e. The maximum atomic E-state index is 13.6. The fourth-order valence-corrected chi connectivity index (χ4v) is 8.31. The lowest BCUT2D eigenvalue weighted by Crippen LogP contribution is -2.63. The van der Waals surface area contributed by atoms with E-state index >= 15 is 0 Å². The Kier molecular flexibility index (Phi) is 7.20. The van der Waals surface area contributed by atoms with Crippen LogP contribution >= 0.6 is 0 Å². The van der Waals surface area contributed by atoms with Crippen molar-refractivity contribution in [3.8, 4) is 0 Å². The molecule has 4 rings (SSSR count). The number of carbonyl (C=O) groups excluding carboxylic acids is 3. The van der Waals surface area contributed by atoms with Gasteiger partial charge in [0.1, 0.15) is 6.61 Å². The van der Waals surface area contributed by atoms with Crippen LogP contribution in [0.4, 0.5) is 4.79 Å². The summed E-state index contributed by atoms with van der Waals surface area (Å²) in [5, 5.41) is 11.6. The van der Waals surface area contributed by atoms with Gasteiger partial charge in [0.05, 0.1) is 19.0 Å². The van der Waals surface area contributed by atoms with Gasteiger partial charge in [0.15, 0.2) is 11.4 Å². The van der Waals surface area contributed by atoms with Crippen molar-refractivity contribution in [2.24, 2.45) is 28.6 Å². The van der Waals surface area contributed by atoms with E-state index in [0.717, 1.165) is 24.7 Å². The highest BCUT2D eigenvalue weighted by Crippen LogP contribution is 2.68. The highest BCUT2D eigenvalue weighted by atomic mass is 32.2. The van der Waals surface area contributed by atoms with Gasteiger partial charge in [0.25, 0.3) is 10.1 Å². The molecule has 3 saturated carbocycles. The van der Waals surface area contributed by atoms with Crippen molar-refractivity contribution in [3.63, 3.8) is 0 Å². The number of aliphatic hydroxyl groups is 1. The van der Waals surface area contributed by atoms with E-state index in [1.807, 2.05) is 13.8 Å². The Labute approximate surface area is 213 Å². The maximum Gasteiger partial charge on any atom is 0.509 e. The second kappa shape index (κ2) is 9.51. The van der Waals surface area contributed by atoms with Crippen LogP contribution in [0.3, 0.4) is 0 Å². The van der Waals surface area contributed by atoms with Gasteiger partial charge >= 0.3 is 6.16 Å². The molecule has 0 bridgehead atoms. The van der Waals surface area contributed by atoms with Crippen LogP contribution in [-0.2, 0) is 33.4 Å². The average Bonchev–Trinajstić information content (AvgIpc) is 3.08. The Morgan fingerprint density at radius 1 is 1.17 bits per heavy atom. The SMILES string of the molecule is CCCOC(=O)O[C@]1(C(=O)COS(C)(=O)=O)CC[C@H]2[C@@H]3CCC4=CC(=O)CC[C@]4(C)[C@H]3[C@@H](O)C[C@@]21C. The number of ether oxygens (including phenoxy) is 2. The van der Waals surface area contributed by atoms with Crippen molar-refractivity contribution in [2.45, 2.75) is 83.8 Å². The Balaban J connectivity index is 1.70. The first-order valence-electron chi connectivity index (χ1n) is 12.9. The summed E-state index contributed by atoms with van der Waals surface area (Å²) in [6.45, 7) is 5.22. The molecule has 0 radical (unpaired) electrons. The second-order valence-corrected chi connectivity index (χ2v) is 13.2. The Hall–Kier alpha value is -1.78. The van der Waals surface area contributed by atoms with Crippen LogP contribution in [0.1, 0.15) is 72.1 Å². The number of aliphatic hydroxyl groups excluding tert-OH is 1. The molecule has 10 heteroatoms.